The summed E-state index contributed by atoms with van der Waals surface area (Å²) in [4.78, 5) is 23.3. The Bertz CT molecular complexity index is 253. The molecule has 0 bridgehead atoms. The van der Waals surface area contributed by atoms with Crippen LogP contribution in [0.3, 0.4) is 0 Å². The fourth-order valence-electron chi connectivity index (χ4n) is 1.88. The van der Waals surface area contributed by atoms with Crippen molar-refractivity contribution >= 4 is 12.1 Å². The average Bonchev–Trinajstić information content (AvgIpc) is 2.47. The summed E-state index contributed by atoms with van der Waals surface area (Å²) in [5.74, 6) is -1.24. The van der Waals surface area contributed by atoms with Crippen molar-refractivity contribution < 1.29 is 19.4 Å². The second-order valence-corrected chi connectivity index (χ2v) is 3.50. The van der Waals surface area contributed by atoms with E-state index in [1.54, 1.807) is 0 Å². The molecular formula is C8H11NO4. The van der Waals surface area contributed by atoms with Gasteiger partial charge in [-0.2, -0.15) is 0 Å². The fourth-order valence-corrected chi connectivity index (χ4v) is 1.88. The van der Waals surface area contributed by atoms with Crippen molar-refractivity contribution in [3.05, 3.63) is 0 Å². The number of piperidine rings is 1. The number of rotatable bonds is 1. The van der Waals surface area contributed by atoms with Crippen LogP contribution in [-0.2, 0) is 9.53 Å². The zero-order chi connectivity index (χ0) is 9.42. The molecule has 13 heavy (non-hydrogen) atoms. The SMILES string of the molecule is O=C(O)[C@@H]1CC[C@H]2COC(=O)N2C1. The highest BCUT2D eigenvalue weighted by atomic mass is 16.6. The first-order chi connectivity index (χ1) is 6.18. The van der Waals surface area contributed by atoms with Crippen LogP contribution in [0.15, 0.2) is 0 Å². The number of cyclic esters (lactones) is 1. The zero-order valence-corrected chi connectivity index (χ0v) is 7.10. The van der Waals surface area contributed by atoms with Gasteiger partial charge in [-0.05, 0) is 12.8 Å². The summed E-state index contributed by atoms with van der Waals surface area (Å²) >= 11 is 0. The molecule has 2 rings (SSSR count). The lowest BCUT2D eigenvalue weighted by Gasteiger charge is -2.30. The van der Waals surface area contributed by atoms with Crippen molar-refractivity contribution in [1.29, 1.82) is 0 Å². The molecule has 2 fully saturated rings. The second-order valence-electron chi connectivity index (χ2n) is 3.50. The van der Waals surface area contributed by atoms with Crippen LogP contribution in [0.4, 0.5) is 4.79 Å². The van der Waals surface area contributed by atoms with Gasteiger partial charge in [0.05, 0.1) is 12.0 Å². The molecule has 2 aliphatic heterocycles. The van der Waals surface area contributed by atoms with Crippen molar-refractivity contribution in [2.75, 3.05) is 13.2 Å². The standard InChI is InChI=1S/C8H11NO4/c10-7(11)5-1-2-6-4-13-8(12)9(6)3-5/h5-6H,1-4H2,(H,10,11)/t5-,6+/m1/s1. The van der Waals surface area contributed by atoms with Crippen LogP contribution in [0.2, 0.25) is 0 Å². The van der Waals surface area contributed by atoms with Gasteiger partial charge in [-0.1, -0.05) is 0 Å². The maximum absolute atomic E-state index is 11.1. The van der Waals surface area contributed by atoms with Crippen LogP contribution in [-0.4, -0.2) is 41.3 Å². The number of amides is 1. The minimum absolute atomic E-state index is 0.114. The van der Waals surface area contributed by atoms with Crippen molar-refractivity contribution in [2.45, 2.75) is 18.9 Å². The molecule has 5 heteroatoms. The highest BCUT2D eigenvalue weighted by molar-refractivity contribution is 5.74. The Kier molecular flexibility index (Phi) is 1.86. The molecule has 0 aromatic rings. The number of aliphatic carboxylic acids is 1. The third kappa shape index (κ3) is 1.34. The van der Waals surface area contributed by atoms with Gasteiger partial charge in [0.25, 0.3) is 0 Å². The number of carboxylic acid groups (broad SMARTS) is 1. The van der Waals surface area contributed by atoms with E-state index in [2.05, 4.69) is 0 Å². The van der Waals surface area contributed by atoms with Gasteiger partial charge >= 0.3 is 12.1 Å². The molecule has 0 aliphatic carbocycles. The Morgan fingerprint density at radius 1 is 1.54 bits per heavy atom. The first-order valence-electron chi connectivity index (χ1n) is 4.34. The van der Waals surface area contributed by atoms with Crippen molar-refractivity contribution in [3.8, 4) is 0 Å². The van der Waals surface area contributed by atoms with Gasteiger partial charge in [0.2, 0.25) is 0 Å². The van der Waals surface area contributed by atoms with E-state index in [0.29, 0.717) is 19.6 Å². The van der Waals surface area contributed by atoms with Crippen molar-refractivity contribution in [2.24, 2.45) is 5.92 Å². The lowest BCUT2D eigenvalue weighted by Crippen LogP contribution is -2.44. The van der Waals surface area contributed by atoms with E-state index in [1.807, 2.05) is 0 Å². The Morgan fingerprint density at radius 2 is 2.31 bits per heavy atom. The summed E-state index contributed by atoms with van der Waals surface area (Å²) in [6.07, 6.45) is 1.02. The number of fused-ring (bicyclic) bond motifs is 1. The number of carbonyl (C=O) groups excluding carboxylic acids is 1. The van der Waals surface area contributed by atoms with Gasteiger partial charge in [0, 0.05) is 6.54 Å². The number of hydrogen-bond donors (Lipinski definition) is 1. The van der Waals surface area contributed by atoms with Crippen molar-refractivity contribution in [1.82, 2.24) is 4.90 Å². The van der Waals surface area contributed by atoms with Crippen LogP contribution >= 0.6 is 0 Å². The molecule has 2 aliphatic rings. The molecule has 2 atom stereocenters. The largest absolute Gasteiger partial charge is 0.481 e. The lowest BCUT2D eigenvalue weighted by molar-refractivity contribution is -0.143. The molecule has 2 heterocycles. The first kappa shape index (κ1) is 8.34. The number of carboxylic acids is 1. The Labute approximate surface area is 75.3 Å². The van der Waals surface area contributed by atoms with E-state index in [9.17, 15) is 9.59 Å². The highest BCUT2D eigenvalue weighted by Gasteiger charge is 2.40. The third-order valence-electron chi connectivity index (χ3n) is 2.69. The zero-order valence-electron chi connectivity index (χ0n) is 7.10. The summed E-state index contributed by atoms with van der Waals surface area (Å²) < 4.78 is 4.82. The van der Waals surface area contributed by atoms with Crippen LogP contribution in [0.5, 0.6) is 0 Å². The van der Waals surface area contributed by atoms with Crippen LogP contribution in [0, 0.1) is 5.92 Å². The average molecular weight is 185 g/mol. The first-order valence-corrected chi connectivity index (χ1v) is 4.34. The molecule has 1 amide bonds. The molecule has 0 aromatic carbocycles. The topological polar surface area (TPSA) is 66.8 Å². The molecule has 0 spiro atoms. The van der Waals surface area contributed by atoms with Gasteiger partial charge in [-0.25, -0.2) is 4.79 Å². The number of ether oxygens (including phenoxy) is 1. The molecule has 2 saturated heterocycles. The van der Waals surface area contributed by atoms with E-state index in [1.165, 1.54) is 4.90 Å². The minimum atomic E-state index is -0.821. The van der Waals surface area contributed by atoms with Crippen LogP contribution < -0.4 is 0 Å². The van der Waals surface area contributed by atoms with Crippen LogP contribution in [0.1, 0.15) is 12.8 Å². The van der Waals surface area contributed by atoms with Gasteiger partial charge in [-0.15, -0.1) is 0 Å². The summed E-state index contributed by atoms with van der Waals surface area (Å²) in [5.41, 5.74) is 0. The number of carbonyl (C=O) groups is 2. The van der Waals surface area contributed by atoms with E-state index in [-0.39, 0.29) is 12.1 Å². The molecule has 5 nitrogen and oxygen atoms in total. The van der Waals surface area contributed by atoms with E-state index < -0.39 is 11.9 Å². The van der Waals surface area contributed by atoms with Gasteiger partial charge in [-0.3, -0.25) is 4.79 Å². The Balaban J connectivity index is 2.05. The van der Waals surface area contributed by atoms with E-state index in [4.69, 9.17) is 9.84 Å². The van der Waals surface area contributed by atoms with Crippen LogP contribution in [0.25, 0.3) is 0 Å². The normalized spacial score (nSPS) is 32.6. The van der Waals surface area contributed by atoms with E-state index in [0.717, 1.165) is 6.42 Å². The molecule has 1 N–H and O–H groups in total. The summed E-state index contributed by atoms with van der Waals surface area (Å²) in [6, 6.07) is 0.114. The van der Waals surface area contributed by atoms with Gasteiger partial charge in [0.15, 0.2) is 0 Å². The number of hydrogen-bond acceptors (Lipinski definition) is 3. The molecule has 0 saturated carbocycles. The predicted molar refractivity (Wildman–Crippen MR) is 42.2 cm³/mol. The quantitative estimate of drug-likeness (QED) is 0.638. The smallest absolute Gasteiger partial charge is 0.410 e. The summed E-state index contributed by atoms with van der Waals surface area (Å²) in [7, 11) is 0. The summed E-state index contributed by atoms with van der Waals surface area (Å²) in [6.45, 7) is 0.726. The monoisotopic (exact) mass is 185 g/mol. The maximum atomic E-state index is 11.1. The fraction of sp³-hybridized carbons (Fsp3) is 0.750. The maximum Gasteiger partial charge on any atom is 0.410 e. The van der Waals surface area contributed by atoms with Crippen molar-refractivity contribution in [3.63, 3.8) is 0 Å². The van der Waals surface area contributed by atoms with Gasteiger partial charge < -0.3 is 14.7 Å². The Morgan fingerprint density at radius 3 is 3.00 bits per heavy atom. The molecule has 0 unspecified atom stereocenters. The molecule has 0 radical (unpaired) electrons. The molecule has 72 valence electrons. The van der Waals surface area contributed by atoms with Gasteiger partial charge in [0.1, 0.15) is 6.61 Å². The lowest BCUT2D eigenvalue weighted by atomic mass is 9.94. The third-order valence-corrected chi connectivity index (χ3v) is 2.69. The number of nitrogens with zero attached hydrogens (tertiary/aromatic N) is 1. The summed E-state index contributed by atoms with van der Waals surface area (Å²) in [5, 5.41) is 8.77. The second kappa shape index (κ2) is 2.90. The molecular weight excluding hydrogens is 174 g/mol. The van der Waals surface area contributed by atoms with E-state index >= 15 is 0 Å². The minimum Gasteiger partial charge on any atom is -0.481 e. The predicted octanol–water partition coefficient (Wildman–Crippen LogP) is 0.302. The highest BCUT2D eigenvalue weighted by Crippen LogP contribution is 2.26. The Hall–Kier alpha value is -1.26. The molecule has 0 aromatic heterocycles.